The average Bonchev–Trinajstić information content (AvgIpc) is 2.80. The minimum absolute atomic E-state index is 0.0351. The second kappa shape index (κ2) is 10.3. The molecule has 0 radical (unpaired) electrons. The lowest BCUT2D eigenvalue weighted by atomic mass is 9.89. The number of rotatable bonds is 9. The highest BCUT2D eigenvalue weighted by Gasteiger charge is 2.30. The number of nitrogens with zero attached hydrogens (tertiary/aromatic N) is 1. The van der Waals surface area contributed by atoms with Crippen molar-refractivity contribution >= 4 is 38.8 Å². The first-order chi connectivity index (χ1) is 15.6. The third-order valence-electron chi connectivity index (χ3n) is 5.34. The van der Waals surface area contributed by atoms with Gasteiger partial charge in [-0.15, -0.1) is 0 Å². The van der Waals surface area contributed by atoms with E-state index in [2.05, 4.69) is 0 Å². The Morgan fingerprint density at radius 1 is 1.00 bits per heavy atom. The lowest BCUT2D eigenvalue weighted by molar-refractivity contribution is -0.111. The van der Waals surface area contributed by atoms with E-state index in [0.29, 0.717) is 17.0 Å². The van der Waals surface area contributed by atoms with E-state index in [-0.39, 0.29) is 16.3 Å². The van der Waals surface area contributed by atoms with Gasteiger partial charge in [-0.1, -0.05) is 48.4 Å². The molecule has 0 aliphatic heterocycles. The fourth-order valence-electron chi connectivity index (χ4n) is 3.47. The van der Waals surface area contributed by atoms with Crippen molar-refractivity contribution < 1.29 is 17.6 Å². The maximum atomic E-state index is 13.5. The monoisotopic (exact) mass is 486 g/mol. The summed E-state index contributed by atoms with van der Waals surface area (Å²) in [5.74, 6) is -1.63. The first-order valence-electron chi connectivity index (χ1n) is 10.4. The van der Waals surface area contributed by atoms with Crippen LogP contribution < -0.4 is 4.31 Å². The van der Waals surface area contributed by atoms with Crippen molar-refractivity contribution in [1.82, 2.24) is 0 Å². The molecule has 0 heterocycles. The Labute approximate surface area is 198 Å². The summed E-state index contributed by atoms with van der Waals surface area (Å²) in [5.41, 5.74) is 1.55. The minimum Gasteiger partial charge on any atom is -0.301 e. The maximum Gasteiger partial charge on any atom is 0.264 e. The van der Waals surface area contributed by atoms with Crippen LogP contribution >= 0.6 is 11.6 Å². The van der Waals surface area contributed by atoms with Gasteiger partial charge in [0.1, 0.15) is 5.82 Å². The summed E-state index contributed by atoms with van der Waals surface area (Å²) in [7, 11) is -4.09. The zero-order chi connectivity index (χ0) is 24.2. The number of ketones is 1. The highest BCUT2D eigenvalue weighted by molar-refractivity contribution is 7.92. The molecule has 1 N–H and O–H groups in total. The molecule has 8 heteroatoms. The van der Waals surface area contributed by atoms with Crippen LogP contribution in [0.15, 0.2) is 77.7 Å². The first-order valence-corrected chi connectivity index (χ1v) is 12.2. The van der Waals surface area contributed by atoms with Crippen LogP contribution in [0.1, 0.15) is 30.4 Å². The number of hydrogen-bond donors (Lipinski definition) is 1. The summed E-state index contributed by atoms with van der Waals surface area (Å²) in [6.45, 7) is 3.11. The molecule has 0 aromatic heterocycles. The van der Waals surface area contributed by atoms with Gasteiger partial charge >= 0.3 is 0 Å². The van der Waals surface area contributed by atoms with Crippen LogP contribution in [0.3, 0.4) is 0 Å². The van der Waals surface area contributed by atoms with Crippen molar-refractivity contribution in [1.29, 1.82) is 5.41 Å². The number of hydrogen-bond acceptors (Lipinski definition) is 4. The SMILES string of the molecule is CCC(C(=N)C(=O)CN(c1ccc(Cl)cc1)S(=O)(=O)c1ccc(C)cc1)c1ccc(F)cc1. The number of sulfonamides is 1. The summed E-state index contributed by atoms with van der Waals surface area (Å²) >= 11 is 5.96. The summed E-state index contributed by atoms with van der Waals surface area (Å²) in [5, 5.41) is 8.91. The van der Waals surface area contributed by atoms with E-state index in [1.165, 1.54) is 60.7 Å². The van der Waals surface area contributed by atoms with Crippen molar-refractivity contribution in [3.63, 3.8) is 0 Å². The summed E-state index contributed by atoms with van der Waals surface area (Å²) in [4.78, 5) is 13.2. The van der Waals surface area contributed by atoms with Crippen LogP contribution in [0.4, 0.5) is 10.1 Å². The maximum absolute atomic E-state index is 13.5. The van der Waals surface area contributed by atoms with Crippen molar-refractivity contribution in [2.45, 2.75) is 31.1 Å². The Hall–Kier alpha value is -3.03. The number of Topliss-reactive ketones (excluding diaryl/α,β-unsaturated/α-hetero) is 1. The summed E-state index contributed by atoms with van der Waals surface area (Å²) in [6, 6.07) is 18.1. The Bertz CT molecular complexity index is 1240. The van der Waals surface area contributed by atoms with Crippen LogP contribution in [0.2, 0.25) is 5.02 Å². The number of anilines is 1. The summed E-state index contributed by atoms with van der Waals surface area (Å²) in [6.07, 6.45) is 0.432. The molecule has 33 heavy (non-hydrogen) atoms. The van der Waals surface area contributed by atoms with Crippen LogP contribution in [-0.4, -0.2) is 26.5 Å². The van der Waals surface area contributed by atoms with Crippen LogP contribution in [0, 0.1) is 18.2 Å². The van der Waals surface area contributed by atoms with Gasteiger partial charge < -0.3 is 5.41 Å². The second-order valence-electron chi connectivity index (χ2n) is 7.65. The molecular formula is C25H24ClFN2O3S. The molecule has 1 atom stereocenters. The Morgan fingerprint density at radius 3 is 2.12 bits per heavy atom. The first kappa shape index (κ1) is 24.6. The average molecular weight is 487 g/mol. The fourth-order valence-corrected chi connectivity index (χ4v) is 5.02. The fraction of sp³-hybridized carbons (Fsp3) is 0.200. The zero-order valence-electron chi connectivity index (χ0n) is 18.3. The molecule has 3 aromatic carbocycles. The van der Waals surface area contributed by atoms with Crippen molar-refractivity contribution in [3.05, 3.63) is 94.8 Å². The quantitative estimate of drug-likeness (QED) is 0.390. The third-order valence-corrected chi connectivity index (χ3v) is 7.38. The molecular weight excluding hydrogens is 463 g/mol. The predicted octanol–water partition coefficient (Wildman–Crippen LogP) is 5.77. The Balaban J connectivity index is 1.96. The third kappa shape index (κ3) is 5.67. The van der Waals surface area contributed by atoms with Gasteiger partial charge in [-0.05, 0) is 67.4 Å². The Kier molecular flexibility index (Phi) is 7.66. The van der Waals surface area contributed by atoms with E-state index < -0.39 is 34.1 Å². The number of nitrogens with one attached hydrogen (secondary N) is 1. The number of benzene rings is 3. The van der Waals surface area contributed by atoms with E-state index in [9.17, 15) is 17.6 Å². The number of halogens is 2. The standard InChI is InChI=1S/C25H24ClFN2O3S/c1-3-23(18-6-10-20(27)11-7-18)25(28)24(30)16-29(21-12-8-19(26)9-13-21)33(31,32)22-14-4-17(2)5-15-22/h4-15,23,28H,3,16H2,1-2H3. The van der Waals surface area contributed by atoms with Crippen molar-refractivity contribution in [2.24, 2.45) is 0 Å². The predicted molar refractivity (Wildman–Crippen MR) is 129 cm³/mol. The molecule has 0 bridgehead atoms. The van der Waals surface area contributed by atoms with E-state index in [4.69, 9.17) is 17.0 Å². The molecule has 0 fully saturated rings. The normalized spacial score (nSPS) is 12.2. The molecule has 1 unspecified atom stereocenters. The van der Waals surface area contributed by atoms with Gasteiger partial charge in [0.2, 0.25) is 0 Å². The highest BCUT2D eigenvalue weighted by atomic mass is 35.5. The molecule has 3 rings (SSSR count). The Morgan fingerprint density at radius 2 is 1.58 bits per heavy atom. The zero-order valence-corrected chi connectivity index (χ0v) is 19.8. The van der Waals surface area contributed by atoms with Gasteiger partial charge in [0.25, 0.3) is 10.0 Å². The van der Waals surface area contributed by atoms with Crippen molar-refractivity contribution in [3.8, 4) is 0 Å². The number of carbonyl (C=O) groups is 1. The smallest absolute Gasteiger partial charge is 0.264 e. The largest absolute Gasteiger partial charge is 0.301 e. The van der Waals surface area contributed by atoms with Crippen molar-refractivity contribution in [2.75, 3.05) is 10.8 Å². The molecule has 172 valence electrons. The van der Waals surface area contributed by atoms with E-state index in [0.717, 1.165) is 9.87 Å². The minimum atomic E-state index is -4.09. The molecule has 0 amide bonds. The molecule has 0 aliphatic rings. The van der Waals surface area contributed by atoms with Gasteiger partial charge in [0, 0.05) is 10.9 Å². The van der Waals surface area contributed by atoms with Gasteiger partial charge in [0.05, 0.1) is 22.8 Å². The molecule has 3 aromatic rings. The van der Waals surface area contributed by atoms with Crippen LogP contribution in [0.5, 0.6) is 0 Å². The number of carbonyl (C=O) groups excluding carboxylic acids is 1. The van der Waals surface area contributed by atoms with E-state index in [1.54, 1.807) is 12.1 Å². The van der Waals surface area contributed by atoms with Gasteiger partial charge in [-0.2, -0.15) is 0 Å². The van der Waals surface area contributed by atoms with Gasteiger partial charge in [0.15, 0.2) is 5.78 Å². The number of aryl methyl sites for hydroxylation is 1. The lowest BCUT2D eigenvalue weighted by Gasteiger charge is -2.25. The molecule has 5 nitrogen and oxygen atoms in total. The van der Waals surface area contributed by atoms with Gasteiger partial charge in [-0.25, -0.2) is 12.8 Å². The van der Waals surface area contributed by atoms with E-state index in [1.807, 2.05) is 13.8 Å². The summed E-state index contributed by atoms with van der Waals surface area (Å²) < 4.78 is 41.2. The van der Waals surface area contributed by atoms with Crippen LogP contribution in [0.25, 0.3) is 0 Å². The topological polar surface area (TPSA) is 78.3 Å². The molecule has 0 aliphatic carbocycles. The lowest BCUT2D eigenvalue weighted by Crippen LogP contribution is -2.39. The second-order valence-corrected chi connectivity index (χ2v) is 9.95. The molecule has 0 spiro atoms. The molecule has 0 saturated carbocycles. The highest BCUT2D eigenvalue weighted by Crippen LogP contribution is 2.27. The van der Waals surface area contributed by atoms with Gasteiger partial charge in [-0.3, -0.25) is 9.10 Å². The molecule has 0 saturated heterocycles. The van der Waals surface area contributed by atoms with E-state index >= 15 is 0 Å². The van der Waals surface area contributed by atoms with Crippen LogP contribution in [-0.2, 0) is 14.8 Å².